The van der Waals surface area contributed by atoms with Crippen LogP contribution in [-0.2, 0) is 25.5 Å². The van der Waals surface area contributed by atoms with Crippen LogP contribution in [0.2, 0.25) is 0 Å². The van der Waals surface area contributed by atoms with Gasteiger partial charge in [0.25, 0.3) is 0 Å². The highest BCUT2D eigenvalue weighted by Gasteiger charge is 2.51. The molecule has 1 amide bonds. The average molecular weight is 527 g/mol. The maximum absolute atomic E-state index is 13.4. The first-order valence-electron chi connectivity index (χ1n) is 12.7. The SMILES string of the molecule is CC(C)(C)OC(=O)[C@@](Cc1c[nH]c2ccccc12)(NC(=O)OCC1c2ccccc2-c2ccccc21)C(=O)O. The first kappa shape index (κ1) is 26.0. The number of esters is 1. The van der Waals surface area contributed by atoms with Crippen LogP contribution in [0.1, 0.15) is 43.4 Å². The highest BCUT2D eigenvalue weighted by atomic mass is 16.6. The molecular formula is C31H30N2O6. The van der Waals surface area contributed by atoms with E-state index in [9.17, 15) is 19.5 Å². The van der Waals surface area contributed by atoms with Crippen LogP contribution in [0.3, 0.4) is 0 Å². The molecule has 200 valence electrons. The molecule has 1 aromatic heterocycles. The number of hydrogen-bond donors (Lipinski definition) is 3. The van der Waals surface area contributed by atoms with Crippen LogP contribution < -0.4 is 5.32 Å². The highest BCUT2D eigenvalue weighted by molar-refractivity contribution is 6.07. The second kappa shape index (κ2) is 9.94. The molecule has 0 unspecified atom stereocenters. The van der Waals surface area contributed by atoms with Gasteiger partial charge < -0.3 is 19.6 Å². The third-order valence-electron chi connectivity index (χ3n) is 6.90. The lowest BCUT2D eigenvalue weighted by molar-refractivity contribution is -0.170. The first-order chi connectivity index (χ1) is 18.6. The Balaban J connectivity index is 1.43. The molecule has 1 heterocycles. The molecule has 0 saturated carbocycles. The van der Waals surface area contributed by atoms with Gasteiger partial charge in [0.05, 0.1) is 0 Å². The number of para-hydroxylation sites is 1. The zero-order valence-electron chi connectivity index (χ0n) is 22.0. The number of fused-ring (bicyclic) bond motifs is 4. The fraction of sp³-hybridized carbons (Fsp3) is 0.258. The first-order valence-corrected chi connectivity index (χ1v) is 12.7. The van der Waals surface area contributed by atoms with E-state index in [-0.39, 0.29) is 18.9 Å². The van der Waals surface area contributed by atoms with Crippen molar-refractivity contribution < 1.29 is 29.0 Å². The van der Waals surface area contributed by atoms with E-state index in [0.717, 1.165) is 33.2 Å². The predicted octanol–water partition coefficient (Wildman–Crippen LogP) is 5.41. The van der Waals surface area contributed by atoms with Gasteiger partial charge in [0.1, 0.15) is 12.2 Å². The molecule has 5 rings (SSSR count). The zero-order chi connectivity index (χ0) is 27.8. The lowest BCUT2D eigenvalue weighted by atomic mass is 9.90. The van der Waals surface area contributed by atoms with E-state index in [4.69, 9.17) is 9.47 Å². The van der Waals surface area contributed by atoms with Crippen LogP contribution in [0.25, 0.3) is 22.0 Å². The number of rotatable bonds is 7. The van der Waals surface area contributed by atoms with Crippen LogP contribution in [-0.4, -0.2) is 45.9 Å². The fourth-order valence-electron chi connectivity index (χ4n) is 5.12. The lowest BCUT2D eigenvalue weighted by Gasteiger charge is -2.31. The summed E-state index contributed by atoms with van der Waals surface area (Å²) in [6, 6.07) is 23.1. The van der Waals surface area contributed by atoms with E-state index in [1.165, 1.54) is 0 Å². The van der Waals surface area contributed by atoms with Crippen molar-refractivity contribution in [3.05, 3.63) is 95.7 Å². The van der Waals surface area contributed by atoms with E-state index < -0.39 is 29.2 Å². The Labute approximate surface area is 226 Å². The van der Waals surface area contributed by atoms with Crippen molar-refractivity contribution in [1.29, 1.82) is 0 Å². The summed E-state index contributed by atoms with van der Waals surface area (Å²) in [4.78, 5) is 42.5. The van der Waals surface area contributed by atoms with Gasteiger partial charge in [0.15, 0.2) is 0 Å². The summed E-state index contributed by atoms with van der Waals surface area (Å²) >= 11 is 0. The third-order valence-corrected chi connectivity index (χ3v) is 6.90. The highest BCUT2D eigenvalue weighted by Crippen LogP contribution is 2.44. The number of alkyl carbamates (subject to hydrolysis) is 1. The second-order valence-electron chi connectivity index (χ2n) is 10.7. The molecule has 1 aliphatic carbocycles. The van der Waals surface area contributed by atoms with E-state index in [1.54, 1.807) is 27.0 Å². The minimum absolute atomic E-state index is 0.0308. The van der Waals surface area contributed by atoms with Crippen LogP contribution in [0.5, 0.6) is 0 Å². The standard InChI is InChI=1S/C31H30N2O6/c1-30(2,3)39-28(36)31(27(34)35,16-19-17-32-26-15-9-8-10-20(19)26)33-29(37)38-18-25-23-13-6-4-11-21(23)22-12-5-7-14-24(22)25/h4-15,17,25,32H,16,18H2,1-3H3,(H,33,37)(H,34,35)/t31-/m0/s1. The van der Waals surface area contributed by atoms with Gasteiger partial charge in [0, 0.05) is 29.4 Å². The molecule has 0 spiro atoms. The smallest absolute Gasteiger partial charge is 0.408 e. The second-order valence-corrected chi connectivity index (χ2v) is 10.7. The number of amides is 1. The Morgan fingerprint density at radius 2 is 1.49 bits per heavy atom. The van der Waals surface area contributed by atoms with E-state index in [0.29, 0.717) is 5.56 Å². The number of carboxylic acid groups (broad SMARTS) is 1. The lowest BCUT2D eigenvalue weighted by Crippen LogP contribution is -2.63. The molecule has 39 heavy (non-hydrogen) atoms. The summed E-state index contributed by atoms with van der Waals surface area (Å²) in [7, 11) is 0. The molecule has 4 aromatic rings. The molecule has 0 fully saturated rings. The minimum Gasteiger partial charge on any atom is -0.479 e. The molecule has 0 saturated heterocycles. The van der Waals surface area contributed by atoms with E-state index in [1.807, 2.05) is 72.8 Å². The van der Waals surface area contributed by atoms with Crippen molar-refractivity contribution in [3.63, 3.8) is 0 Å². The fourth-order valence-corrected chi connectivity index (χ4v) is 5.12. The number of aromatic nitrogens is 1. The average Bonchev–Trinajstić information content (AvgIpc) is 3.45. The molecule has 3 aromatic carbocycles. The van der Waals surface area contributed by atoms with Gasteiger partial charge in [-0.1, -0.05) is 66.7 Å². The molecular weight excluding hydrogens is 496 g/mol. The summed E-state index contributed by atoms with van der Waals surface area (Å²) in [6.45, 7) is 4.88. The quantitative estimate of drug-likeness (QED) is 0.219. The zero-order valence-corrected chi connectivity index (χ0v) is 22.0. The number of carboxylic acids is 1. The summed E-state index contributed by atoms with van der Waals surface area (Å²) in [6.07, 6.45) is 0.266. The van der Waals surface area contributed by atoms with Gasteiger partial charge in [-0.25, -0.2) is 14.4 Å². The summed E-state index contributed by atoms with van der Waals surface area (Å²) in [5.41, 5.74) is 2.07. The largest absolute Gasteiger partial charge is 0.479 e. The van der Waals surface area contributed by atoms with Crippen LogP contribution in [0.4, 0.5) is 4.79 Å². The van der Waals surface area contributed by atoms with Crippen LogP contribution in [0, 0.1) is 0 Å². The van der Waals surface area contributed by atoms with Gasteiger partial charge >= 0.3 is 18.0 Å². The van der Waals surface area contributed by atoms with Crippen molar-refractivity contribution in [2.45, 2.75) is 44.2 Å². The number of nitrogens with one attached hydrogen (secondary N) is 2. The molecule has 1 atom stereocenters. The number of aliphatic carboxylic acids is 1. The van der Waals surface area contributed by atoms with Gasteiger partial charge in [-0.3, -0.25) is 5.32 Å². The number of aromatic amines is 1. The summed E-state index contributed by atoms with van der Waals surface area (Å²) in [5, 5.41) is 13.5. The van der Waals surface area contributed by atoms with Gasteiger partial charge in [0.2, 0.25) is 5.54 Å². The Morgan fingerprint density at radius 1 is 0.897 bits per heavy atom. The molecule has 8 nitrogen and oxygen atoms in total. The van der Waals surface area contributed by atoms with Crippen LogP contribution >= 0.6 is 0 Å². The van der Waals surface area contributed by atoms with Gasteiger partial charge in [-0.05, 0) is 54.7 Å². The van der Waals surface area contributed by atoms with Crippen molar-refractivity contribution in [1.82, 2.24) is 10.3 Å². The topological polar surface area (TPSA) is 118 Å². The number of ether oxygens (including phenoxy) is 2. The van der Waals surface area contributed by atoms with Crippen LogP contribution in [0.15, 0.2) is 79.0 Å². The van der Waals surface area contributed by atoms with Crippen molar-refractivity contribution in [3.8, 4) is 11.1 Å². The number of carbonyl (C=O) groups excluding carboxylic acids is 2. The normalized spacial score (nSPS) is 14.2. The third kappa shape index (κ3) is 4.97. The summed E-state index contributed by atoms with van der Waals surface area (Å²) in [5.74, 6) is -2.85. The molecule has 0 radical (unpaired) electrons. The molecule has 1 aliphatic rings. The number of benzene rings is 3. The van der Waals surface area contributed by atoms with E-state index in [2.05, 4.69) is 10.3 Å². The minimum atomic E-state index is -2.42. The van der Waals surface area contributed by atoms with Crippen molar-refractivity contribution in [2.75, 3.05) is 6.61 Å². The number of carbonyl (C=O) groups is 3. The molecule has 3 N–H and O–H groups in total. The Kier molecular flexibility index (Phi) is 6.64. The monoisotopic (exact) mass is 526 g/mol. The van der Waals surface area contributed by atoms with Gasteiger partial charge in [-0.15, -0.1) is 0 Å². The van der Waals surface area contributed by atoms with E-state index >= 15 is 0 Å². The predicted molar refractivity (Wildman–Crippen MR) is 146 cm³/mol. The molecule has 0 aliphatic heterocycles. The maximum Gasteiger partial charge on any atom is 0.408 e. The Morgan fingerprint density at radius 3 is 2.10 bits per heavy atom. The number of H-pyrrole nitrogens is 1. The Hall–Kier alpha value is -4.59. The number of hydrogen-bond acceptors (Lipinski definition) is 5. The van der Waals surface area contributed by atoms with Crippen molar-refractivity contribution >= 4 is 28.9 Å². The molecule has 0 bridgehead atoms. The maximum atomic E-state index is 13.4. The van der Waals surface area contributed by atoms with Gasteiger partial charge in [-0.2, -0.15) is 0 Å². The summed E-state index contributed by atoms with van der Waals surface area (Å²) < 4.78 is 11.1. The van der Waals surface area contributed by atoms with Crippen molar-refractivity contribution in [2.24, 2.45) is 0 Å². The molecule has 8 heteroatoms. The Bertz CT molecular complexity index is 1520.